The van der Waals surface area contributed by atoms with Crippen molar-refractivity contribution in [2.24, 2.45) is 0 Å². The molecule has 6 heteroatoms. The third-order valence-corrected chi connectivity index (χ3v) is 5.60. The fraction of sp³-hybridized carbons (Fsp3) is 0.524. The molecule has 2 aliphatic heterocycles. The minimum Gasteiger partial charge on any atom is -0.375 e. The van der Waals surface area contributed by atoms with Crippen LogP contribution in [-0.2, 0) is 11.2 Å². The zero-order chi connectivity index (χ0) is 18.6. The van der Waals surface area contributed by atoms with E-state index in [-0.39, 0.29) is 11.7 Å². The molecule has 0 aliphatic carbocycles. The highest BCUT2D eigenvalue weighted by molar-refractivity contribution is 5.45. The number of ether oxygens (including phenoxy) is 1. The number of anilines is 2. The maximum atomic E-state index is 12.3. The second-order valence-electron chi connectivity index (χ2n) is 7.45. The van der Waals surface area contributed by atoms with Crippen LogP contribution < -0.4 is 15.4 Å². The predicted octanol–water partition coefficient (Wildman–Crippen LogP) is 2.60. The molecule has 2 aliphatic rings. The van der Waals surface area contributed by atoms with Gasteiger partial charge in [0.2, 0.25) is 5.95 Å². The summed E-state index contributed by atoms with van der Waals surface area (Å²) in [6.45, 7) is 5.32. The second-order valence-corrected chi connectivity index (χ2v) is 7.45. The SMILES string of the molecule is CCC1CN(c2cc(=O)[nH]c(N3CCC[C@H]3Cc3ccccc3)n2)CCO1. The van der Waals surface area contributed by atoms with E-state index in [0.717, 1.165) is 51.1 Å². The van der Waals surface area contributed by atoms with Gasteiger partial charge < -0.3 is 14.5 Å². The molecular formula is C21H28N4O2. The summed E-state index contributed by atoms with van der Waals surface area (Å²) in [4.78, 5) is 24.6. The summed E-state index contributed by atoms with van der Waals surface area (Å²) in [6.07, 6.45) is 4.40. The van der Waals surface area contributed by atoms with Gasteiger partial charge in [0.15, 0.2) is 0 Å². The number of aromatic amines is 1. The molecule has 27 heavy (non-hydrogen) atoms. The summed E-state index contributed by atoms with van der Waals surface area (Å²) in [5, 5.41) is 0. The zero-order valence-corrected chi connectivity index (χ0v) is 15.9. The van der Waals surface area contributed by atoms with Gasteiger partial charge in [0.1, 0.15) is 5.82 Å². The fourth-order valence-electron chi connectivity index (χ4n) is 4.12. The van der Waals surface area contributed by atoms with Crippen molar-refractivity contribution in [3.05, 3.63) is 52.3 Å². The largest absolute Gasteiger partial charge is 0.375 e. The first kappa shape index (κ1) is 18.0. The van der Waals surface area contributed by atoms with Gasteiger partial charge in [-0.15, -0.1) is 0 Å². The van der Waals surface area contributed by atoms with Crippen LogP contribution in [0.3, 0.4) is 0 Å². The summed E-state index contributed by atoms with van der Waals surface area (Å²) in [5.41, 5.74) is 1.24. The number of benzene rings is 1. The van der Waals surface area contributed by atoms with Crippen LogP contribution in [0.1, 0.15) is 31.7 Å². The quantitative estimate of drug-likeness (QED) is 0.879. The first-order chi connectivity index (χ1) is 13.2. The van der Waals surface area contributed by atoms with Crippen LogP contribution in [0, 0.1) is 0 Å². The van der Waals surface area contributed by atoms with Crippen molar-refractivity contribution in [1.82, 2.24) is 9.97 Å². The molecule has 1 unspecified atom stereocenters. The first-order valence-electron chi connectivity index (χ1n) is 10.0. The number of morpholine rings is 1. The Morgan fingerprint density at radius 1 is 1.26 bits per heavy atom. The lowest BCUT2D eigenvalue weighted by molar-refractivity contribution is 0.0381. The minimum atomic E-state index is -0.0834. The number of nitrogens with zero attached hydrogens (tertiary/aromatic N) is 3. The van der Waals surface area contributed by atoms with E-state index in [1.54, 1.807) is 6.07 Å². The van der Waals surface area contributed by atoms with E-state index in [9.17, 15) is 4.79 Å². The standard InChI is InChI=1S/C21H28N4O2/c1-2-18-15-24(11-12-27-18)19-14-20(26)23-21(22-19)25-10-6-9-17(25)13-16-7-4-3-5-8-16/h3-5,7-8,14,17-18H,2,6,9-13,15H2,1H3,(H,22,23,26)/t17-,18?/m0/s1. The molecule has 2 saturated heterocycles. The summed E-state index contributed by atoms with van der Waals surface area (Å²) in [6, 6.07) is 12.5. The van der Waals surface area contributed by atoms with Gasteiger partial charge in [-0.05, 0) is 31.2 Å². The van der Waals surface area contributed by atoms with Crippen LogP contribution >= 0.6 is 0 Å². The van der Waals surface area contributed by atoms with Gasteiger partial charge in [-0.3, -0.25) is 9.78 Å². The summed E-state index contributed by atoms with van der Waals surface area (Å²) in [5.74, 6) is 1.47. The van der Waals surface area contributed by atoms with Gasteiger partial charge in [0, 0.05) is 31.7 Å². The molecular weight excluding hydrogens is 340 g/mol. The molecule has 0 bridgehead atoms. The van der Waals surface area contributed by atoms with Crippen LogP contribution in [0.5, 0.6) is 0 Å². The number of H-pyrrole nitrogens is 1. The predicted molar refractivity (Wildman–Crippen MR) is 108 cm³/mol. The van der Waals surface area contributed by atoms with Gasteiger partial charge in [-0.1, -0.05) is 37.3 Å². The van der Waals surface area contributed by atoms with Crippen LogP contribution in [0.4, 0.5) is 11.8 Å². The van der Waals surface area contributed by atoms with Crippen molar-refractivity contribution in [2.45, 2.75) is 44.8 Å². The van der Waals surface area contributed by atoms with E-state index >= 15 is 0 Å². The Morgan fingerprint density at radius 3 is 2.93 bits per heavy atom. The molecule has 6 nitrogen and oxygen atoms in total. The van der Waals surface area contributed by atoms with Gasteiger partial charge in [0.05, 0.1) is 12.7 Å². The highest BCUT2D eigenvalue weighted by Gasteiger charge is 2.28. The molecule has 0 amide bonds. The van der Waals surface area contributed by atoms with E-state index in [1.165, 1.54) is 5.56 Å². The number of hydrogen-bond donors (Lipinski definition) is 1. The van der Waals surface area contributed by atoms with Gasteiger partial charge >= 0.3 is 0 Å². The summed E-state index contributed by atoms with van der Waals surface area (Å²) < 4.78 is 5.76. The number of hydrogen-bond acceptors (Lipinski definition) is 5. The molecule has 2 atom stereocenters. The highest BCUT2D eigenvalue weighted by atomic mass is 16.5. The average molecular weight is 368 g/mol. The average Bonchev–Trinajstić information content (AvgIpc) is 3.16. The van der Waals surface area contributed by atoms with Gasteiger partial charge in [-0.25, -0.2) is 0 Å². The van der Waals surface area contributed by atoms with E-state index in [0.29, 0.717) is 18.6 Å². The van der Waals surface area contributed by atoms with Gasteiger partial charge in [-0.2, -0.15) is 4.98 Å². The Balaban J connectivity index is 1.56. The summed E-state index contributed by atoms with van der Waals surface area (Å²) >= 11 is 0. The Morgan fingerprint density at radius 2 is 2.11 bits per heavy atom. The van der Waals surface area contributed by atoms with E-state index in [2.05, 4.69) is 46.0 Å². The fourth-order valence-corrected chi connectivity index (χ4v) is 4.12. The van der Waals surface area contributed by atoms with Crippen molar-refractivity contribution in [3.8, 4) is 0 Å². The van der Waals surface area contributed by atoms with E-state index in [1.807, 2.05) is 6.07 Å². The van der Waals surface area contributed by atoms with Crippen molar-refractivity contribution < 1.29 is 4.74 Å². The lowest BCUT2D eigenvalue weighted by Crippen LogP contribution is -2.43. The van der Waals surface area contributed by atoms with Crippen molar-refractivity contribution in [2.75, 3.05) is 36.0 Å². The highest BCUT2D eigenvalue weighted by Crippen LogP contribution is 2.26. The molecule has 144 valence electrons. The molecule has 4 rings (SSSR count). The van der Waals surface area contributed by atoms with E-state index in [4.69, 9.17) is 9.72 Å². The Kier molecular flexibility index (Phi) is 5.43. The first-order valence-corrected chi connectivity index (χ1v) is 10.0. The number of aromatic nitrogens is 2. The van der Waals surface area contributed by atoms with Crippen LogP contribution in [0.2, 0.25) is 0 Å². The van der Waals surface area contributed by atoms with Crippen molar-refractivity contribution in [3.63, 3.8) is 0 Å². The molecule has 1 N–H and O–H groups in total. The molecule has 2 fully saturated rings. The minimum absolute atomic E-state index is 0.0834. The Hall–Kier alpha value is -2.34. The molecule has 1 aromatic carbocycles. The molecule has 0 spiro atoms. The Bertz CT molecular complexity index is 807. The zero-order valence-electron chi connectivity index (χ0n) is 15.9. The molecule has 2 aromatic rings. The monoisotopic (exact) mass is 368 g/mol. The summed E-state index contributed by atoms with van der Waals surface area (Å²) in [7, 11) is 0. The Labute approximate surface area is 160 Å². The topological polar surface area (TPSA) is 61.5 Å². The number of rotatable bonds is 5. The second kappa shape index (κ2) is 8.13. The third kappa shape index (κ3) is 4.16. The van der Waals surface area contributed by atoms with Crippen molar-refractivity contribution in [1.29, 1.82) is 0 Å². The smallest absolute Gasteiger partial charge is 0.254 e. The molecule has 1 aromatic heterocycles. The third-order valence-electron chi connectivity index (χ3n) is 5.60. The maximum Gasteiger partial charge on any atom is 0.254 e. The van der Waals surface area contributed by atoms with Gasteiger partial charge in [0.25, 0.3) is 5.56 Å². The van der Waals surface area contributed by atoms with Crippen LogP contribution in [-0.4, -0.2) is 48.4 Å². The van der Waals surface area contributed by atoms with Crippen LogP contribution in [0.15, 0.2) is 41.2 Å². The molecule has 0 radical (unpaired) electrons. The molecule has 0 saturated carbocycles. The normalized spacial score (nSPS) is 23.0. The van der Waals surface area contributed by atoms with E-state index < -0.39 is 0 Å². The van der Waals surface area contributed by atoms with Crippen LogP contribution in [0.25, 0.3) is 0 Å². The molecule has 3 heterocycles. The number of nitrogens with one attached hydrogen (secondary N) is 1. The lowest BCUT2D eigenvalue weighted by atomic mass is 10.0. The maximum absolute atomic E-state index is 12.3. The lowest BCUT2D eigenvalue weighted by Gasteiger charge is -2.34. The van der Waals surface area contributed by atoms with Crippen molar-refractivity contribution >= 4 is 11.8 Å².